The minimum Gasteiger partial charge on any atom is -0.462 e. The van der Waals surface area contributed by atoms with E-state index in [2.05, 4.69) is 5.10 Å². The molecule has 0 N–H and O–H groups in total. The van der Waals surface area contributed by atoms with Gasteiger partial charge in [-0.25, -0.2) is 0 Å². The Kier molecular flexibility index (Phi) is 3.46. The van der Waals surface area contributed by atoms with Gasteiger partial charge in [0, 0.05) is 29.9 Å². The molecule has 4 nitrogen and oxygen atoms in total. The summed E-state index contributed by atoms with van der Waals surface area (Å²) in [6.45, 7) is 6.67. The van der Waals surface area contributed by atoms with E-state index in [-0.39, 0.29) is 5.43 Å². The number of aryl methyl sites for hydroxylation is 2. The number of hydrogen-bond donors (Lipinski definition) is 0. The van der Waals surface area contributed by atoms with Crippen molar-refractivity contribution in [3.63, 3.8) is 0 Å². The largest absolute Gasteiger partial charge is 0.462 e. The number of rotatable bonds is 3. The van der Waals surface area contributed by atoms with E-state index in [1.54, 1.807) is 13.0 Å². The maximum Gasteiger partial charge on any atom is 0.185 e. The van der Waals surface area contributed by atoms with Crippen LogP contribution in [0.25, 0.3) is 12.2 Å². The first-order chi connectivity index (χ1) is 8.60. The summed E-state index contributed by atoms with van der Waals surface area (Å²) < 4.78 is 7.36. The third kappa shape index (κ3) is 2.59. The topological polar surface area (TPSA) is 48.0 Å². The van der Waals surface area contributed by atoms with Crippen molar-refractivity contribution in [1.82, 2.24) is 9.78 Å². The first-order valence-corrected chi connectivity index (χ1v) is 5.92. The molecule has 18 heavy (non-hydrogen) atoms. The molecule has 2 aromatic rings. The first-order valence-electron chi connectivity index (χ1n) is 5.92. The summed E-state index contributed by atoms with van der Waals surface area (Å²) in [5.74, 6) is 1.17. The van der Waals surface area contributed by atoms with Crippen molar-refractivity contribution in [2.75, 3.05) is 0 Å². The molecule has 0 saturated carbocycles. The van der Waals surface area contributed by atoms with Crippen LogP contribution in [-0.2, 0) is 6.54 Å². The molecule has 2 aromatic heterocycles. The normalized spacial score (nSPS) is 11.3. The Balaban J connectivity index is 2.29. The molecule has 0 amide bonds. The lowest BCUT2D eigenvalue weighted by Crippen LogP contribution is -1.98. The van der Waals surface area contributed by atoms with E-state index in [9.17, 15) is 4.79 Å². The van der Waals surface area contributed by atoms with Crippen molar-refractivity contribution >= 4 is 12.2 Å². The Labute approximate surface area is 106 Å². The second-order valence-electron chi connectivity index (χ2n) is 4.14. The van der Waals surface area contributed by atoms with Crippen LogP contribution >= 0.6 is 0 Å². The highest BCUT2D eigenvalue weighted by molar-refractivity contribution is 5.67. The molecule has 0 bridgehead atoms. The molecule has 2 rings (SSSR count). The van der Waals surface area contributed by atoms with Gasteiger partial charge in [0.2, 0.25) is 0 Å². The van der Waals surface area contributed by atoms with Crippen LogP contribution in [0.2, 0.25) is 0 Å². The quantitative estimate of drug-likeness (QED) is 0.834. The maximum atomic E-state index is 11.3. The lowest BCUT2D eigenvalue weighted by Gasteiger charge is -1.98. The van der Waals surface area contributed by atoms with Crippen LogP contribution in [0.4, 0.5) is 0 Å². The fourth-order valence-electron chi connectivity index (χ4n) is 1.82. The molecule has 0 aliphatic heterocycles. The van der Waals surface area contributed by atoms with Crippen molar-refractivity contribution in [2.45, 2.75) is 27.3 Å². The van der Waals surface area contributed by atoms with Crippen molar-refractivity contribution < 1.29 is 4.42 Å². The molecular formula is C14H16N2O2. The lowest BCUT2D eigenvalue weighted by molar-refractivity contribution is 0.505. The van der Waals surface area contributed by atoms with Gasteiger partial charge in [0.1, 0.15) is 11.5 Å². The van der Waals surface area contributed by atoms with E-state index in [0.717, 1.165) is 17.8 Å². The van der Waals surface area contributed by atoms with Gasteiger partial charge in [-0.15, -0.1) is 0 Å². The van der Waals surface area contributed by atoms with Gasteiger partial charge in [-0.05, 0) is 32.9 Å². The van der Waals surface area contributed by atoms with Crippen LogP contribution in [0.15, 0.2) is 27.5 Å². The second-order valence-corrected chi connectivity index (χ2v) is 4.14. The molecule has 4 heteroatoms. The smallest absolute Gasteiger partial charge is 0.185 e. The Morgan fingerprint density at radius 2 is 2.11 bits per heavy atom. The summed E-state index contributed by atoms with van der Waals surface area (Å²) in [5.41, 5.74) is 2.09. The fraction of sp³-hybridized carbons (Fsp3) is 0.286. The van der Waals surface area contributed by atoms with Gasteiger partial charge < -0.3 is 4.42 Å². The average Bonchev–Trinajstić information content (AvgIpc) is 2.66. The summed E-state index contributed by atoms with van der Waals surface area (Å²) in [7, 11) is 0. The third-order valence-corrected chi connectivity index (χ3v) is 2.78. The minimum absolute atomic E-state index is 0.0422. The van der Waals surface area contributed by atoms with Gasteiger partial charge >= 0.3 is 0 Å². The number of nitrogens with zero attached hydrogens (tertiary/aromatic N) is 2. The number of aromatic nitrogens is 2. The van der Waals surface area contributed by atoms with Crippen LogP contribution in [-0.4, -0.2) is 9.78 Å². The molecule has 0 spiro atoms. The Bertz CT molecular complexity index is 635. The molecule has 0 aliphatic carbocycles. The molecule has 0 unspecified atom stereocenters. The second kappa shape index (κ2) is 5.04. The van der Waals surface area contributed by atoms with Gasteiger partial charge in [0.05, 0.1) is 6.20 Å². The van der Waals surface area contributed by atoms with Crippen molar-refractivity contribution in [1.29, 1.82) is 0 Å². The molecule has 0 aliphatic rings. The van der Waals surface area contributed by atoms with Crippen LogP contribution < -0.4 is 5.43 Å². The highest BCUT2D eigenvalue weighted by Gasteiger charge is 2.02. The lowest BCUT2D eigenvalue weighted by atomic mass is 10.2. The molecule has 94 valence electrons. The van der Waals surface area contributed by atoms with Gasteiger partial charge in [-0.3, -0.25) is 9.48 Å². The summed E-state index contributed by atoms with van der Waals surface area (Å²) in [4.78, 5) is 11.3. The van der Waals surface area contributed by atoms with Crippen molar-refractivity contribution in [3.05, 3.63) is 51.3 Å². The molecule has 0 fully saturated rings. The number of hydrogen-bond acceptors (Lipinski definition) is 3. The minimum atomic E-state index is -0.0422. The summed E-state index contributed by atoms with van der Waals surface area (Å²) in [5, 5.41) is 4.25. The van der Waals surface area contributed by atoms with E-state index < -0.39 is 0 Å². The molecule has 2 heterocycles. The Morgan fingerprint density at radius 1 is 1.33 bits per heavy atom. The third-order valence-electron chi connectivity index (χ3n) is 2.78. The summed E-state index contributed by atoms with van der Waals surface area (Å²) in [6, 6.07) is 2.95. The average molecular weight is 244 g/mol. The van der Waals surface area contributed by atoms with Crippen LogP contribution in [0.5, 0.6) is 0 Å². The monoisotopic (exact) mass is 244 g/mol. The zero-order valence-electron chi connectivity index (χ0n) is 10.8. The Hall–Kier alpha value is -2.10. The SMILES string of the molecule is CCn1ncc(/C=C/c2cc(=O)cc(C)o2)c1C. The van der Waals surface area contributed by atoms with E-state index >= 15 is 0 Å². The van der Waals surface area contributed by atoms with Crippen LogP contribution in [0.1, 0.15) is 29.7 Å². The molecule has 0 saturated heterocycles. The van der Waals surface area contributed by atoms with Gasteiger partial charge in [0.25, 0.3) is 0 Å². The molecule has 0 radical (unpaired) electrons. The van der Waals surface area contributed by atoms with Gasteiger partial charge in [0.15, 0.2) is 5.43 Å². The zero-order valence-corrected chi connectivity index (χ0v) is 10.8. The molecular weight excluding hydrogens is 228 g/mol. The van der Waals surface area contributed by atoms with E-state index in [0.29, 0.717) is 11.5 Å². The van der Waals surface area contributed by atoms with Crippen LogP contribution in [0, 0.1) is 13.8 Å². The highest BCUT2D eigenvalue weighted by Crippen LogP contribution is 2.12. The van der Waals surface area contributed by atoms with E-state index in [4.69, 9.17) is 4.42 Å². The van der Waals surface area contributed by atoms with Crippen LogP contribution in [0.3, 0.4) is 0 Å². The van der Waals surface area contributed by atoms with E-state index in [1.807, 2.05) is 30.8 Å². The van der Waals surface area contributed by atoms with Crippen molar-refractivity contribution in [3.8, 4) is 0 Å². The highest BCUT2D eigenvalue weighted by atomic mass is 16.3. The fourth-order valence-corrected chi connectivity index (χ4v) is 1.82. The summed E-state index contributed by atoms with van der Waals surface area (Å²) in [6.07, 6.45) is 5.51. The first kappa shape index (κ1) is 12.4. The van der Waals surface area contributed by atoms with E-state index in [1.165, 1.54) is 12.1 Å². The molecule has 0 atom stereocenters. The Morgan fingerprint density at radius 3 is 2.72 bits per heavy atom. The van der Waals surface area contributed by atoms with Crippen molar-refractivity contribution in [2.24, 2.45) is 0 Å². The zero-order chi connectivity index (χ0) is 13.1. The van der Waals surface area contributed by atoms with Gasteiger partial charge in [-0.1, -0.05) is 0 Å². The standard InChI is InChI=1S/C14H16N2O2/c1-4-16-11(3)12(9-15-16)5-6-14-8-13(17)7-10(2)18-14/h5-9H,4H2,1-3H3/b6-5+. The maximum absolute atomic E-state index is 11.3. The summed E-state index contributed by atoms with van der Waals surface area (Å²) >= 11 is 0. The predicted molar refractivity (Wildman–Crippen MR) is 71.3 cm³/mol. The van der Waals surface area contributed by atoms with Gasteiger partial charge in [-0.2, -0.15) is 5.10 Å². The predicted octanol–water partition coefficient (Wildman–Crippen LogP) is 2.64. The molecule has 0 aromatic carbocycles.